The second-order valence-electron chi connectivity index (χ2n) is 3.10. The van der Waals surface area contributed by atoms with Gasteiger partial charge in [-0.3, -0.25) is 4.79 Å². The quantitative estimate of drug-likeness (QED) is 0.777. The molecule has 0 spiro atoms. The van der Waals surface area contributed by atoms with Crippen LogP contribution < -0.4 is 5.56 Å². The van der Waals surface area contributed by atoms with Crippen molar-refractivity contribution in [2.24, 2.45) is 0 Å². The van der Waals surface area contributed by atoms with Gasteiger partial charge in [-0.05, 0) is 35.3 Å². The van der Waals surface area contributed by atoms with E-state index in [0.29, 0.717) is 19.4 Å². The second-order valence-corrected chi connectivity index (χ2v) is 4.02. The molecule has 1 aromatic heterocycles. The van der Waals surface area contributed by atoms with E-state index in [-0.39, 0.29) is 5.56 Å². The first-order chi connectivity index (χ1) is 6.65. The van der Waals surface area contributed by atoms with E-state index in [1.165, 1.54) is 0 Å². The lowest BCUT2D eigenvalue weighted by molar-refractivity contribution is 0.627. The van der Waals surface area contributed by atoms with Crippen LogP contribution in [0.5, 0.6) is 0 Å². The predicted molar refractivity (Wildman–Crippen MR) is 58.0 cm³/mol. The molecule has 0 fully saturated rings. The van der Waals surface area contributed by atoms with Crippen molar-refractivity contribution in [1.82, 2.24) is 4.57 Å². The Morgan fingerprint density at radius 1 is 1.64 bits per heavy atom. The smallest absolute Gasteiger partial charge is 0.253 e. The molecule has 0 aliphatic heterocycles. The number of unbranched alkanes of at least 4 members (excludes halogenated alkanes) is 1. The van der Waals surface area contributed by atoms with E-state index in [0.717, 1.165) is 10.0 Å². The van der Waals surface area contributed by atoms with Crippen molar-refractivity contribution in [3.8, 4) is 6.07 Å². The zero-order valence-corrected chi connectivity index (χ0v) is 9.54. The first-order valence-electron chi connectivity index (χ1n) is 4.38. The van der Waals surface area contributed by atoms with Gasteiger partial charge in [0.05, 0.1) is 6.07 Å². The average molecular weight is 255 g/mol. The SMILES string of the molecule is Cc1cc(Br)cn(CCCC#N)c1=O. The van der Waals surface area contributed by atoms with Crippen LogP contribution >= 0.6 is 15.9 Å². The van der Waals surface area contributed by atoms with Crippen LogP contribution in [0.2, 0.25) is 0 Å². The Hall–Kier alpha value is -1.08. The van der Waals surface area contributed by atoms with E-state index in [4.69, 9.17) is 5.26 Å². The highest BCUT2D eigenvalue weighted by molar-refractivity contribution is 9.10. The van der Waals surface area contributed by atoms with Crippen LogP contribution in [0.25, 0.3) is 0 Å². The summed E-state index contributed by atoms with van der Waals surface area (Å²) in [6.45, 7) is 2.39. The van der Waals surface area contributed by atoms with E-state index >= 15 is 0 Å². The summed E-state index contributed by atoms with van der Waals surface area (Å²) in [5.41, 5.74) is 0.738. The van der Waals surface area contributed by atoms with Gasteiger partial charge in [-0.2, -0.15) is 5.26 Å². The Labute approximate surface area is 91.1 Å². The van der Waals surface area contributed by atoms with Gasteiger partial charge in [-0.25, -0.2) is 0 Å². The highest BCUT2D eigenvalue weighted by Crippen LogP contribution is 2.08. The van der Waals surface area contributed by atoms with Crippen LogP contribution in [-0.2, 0) is 6.54 Å². The molecule has 0 bridgehead atoms. The number of rotatable bonds is 3. The molecule has 14 heavy (non-hydrogen) atoms. The molecule has 0 amide bonds. The van der Waals surface area contributed by atoms with Gasteiger partial charge in [-0.1, -0.05) is 0 Å². The maximum Gasteiger partial charge on any atom is 0.253 e. The molecule has 74 valence electrons. The Balaban J connectivity index is 2.87. The third kappa shape index (κ3) is 2.71. The summed E-state index contributed by atoms with van der Waals surface area (Å²) in [4.78, 5) is 11.6. The second kappa shape index (κ2) is 4.97. The molecular weight excluding hydrogens is 244 g/mol. The number of hydrogen-bond donors (Lipinski definition) is 0. The summed E-state index contributed by atoms with van der Waals surface area (Å²) in [5.74, 6) is 0. The van der Waals surface area contributed by atoms with E-state index in [9.17, 15) is 4.79 Å². The number of aryl methyl sites for hydroxylation is 2. The molecule has 1 rings (SSSR count). The molecule has 3 nitrogen and oxygen atoms in total. The van der Waals surface area contributed by atoms with Crippen molar-refractivity contribution < 1.29 is 0 Å². The summed E-state index contributed by atoms with van der Waals surface area (Å²) >= 11 is 3.33. The van der Waals surface area contributed by atoms with Crippen LogP contribution in [0.15, 0.2) is 21.5 Å². The summed E-state index contributed by atoms with van der Waals surface area (Å²) in [7, 11) is 0. The highest BCUT2D eigenvalue weighted by Gasteiger charge is 2.00. The van der Waals surface area contributed by atoms with Gasteiger partial charge in [0.15, 0.2) is 0 Å². The fourth-order valence-corrected chi connectivity index (χ4v) is 1.82. The van der Waals surface area contributed by atoms with Gasteiger partial charge in [0.2, 0.25) is 0 Å². The predicted octanol–water partition coefficient (Wildman–Crippen LogP) is 2.22. The van der Waals surface area contributed by atoms with Gasteiger partial charge in [-0.15, -0.1) is 0 Å². The van der Waals surface area contributed by atoms with Crippen LogP contribution in [-0.4, -0.2) is 4.57 Å². The molecule has 0 unspecified atom stereocenters. The maximum atomic E-state index is 11.6. The van der Waals surface area contributed by atoms with Gasteiger partial charge >= 0.3 is 0 Å². The Morgan fingerprint density at radius 2 is 2.36 bits per heavy atom. The molecule has 0 saturated heterocycles. The van der Waals surface area contributed by atoms with E-state index in [1.54, 1.807) is 23.8 Å². The molecule has 1 aromatic rings. The largest absolute Gasteiger partial charge is 0.314 e. The molecule has 1 heterocycles. The fraction of sp³-hybridized carbons (Fsp3) is 0.400. The summed E-state index contributed by atoms with van der Waals surface area (Å²) < 4.78 is 2.53. The zero-order valence-electron chi connectivity index (χ0n) is 7.96. The number of pyridine rings is 1. The van der Waals surface area contributed by atoms with Gasteiger partial charge < -0.3 is 4.57 Å². The van der Waals surface area contributed by atoms with Crippen LogP contribution in [0.4, 0.5) is 0 Å². The van der Waals surface area contributed by atoms with Crippen LogP contribution in [0, 0.1) is 18.3 Å². The number of nitriles is 1. The number of halogens is 1. The average Bonchev–Trinajstić information content (AvgIpc) is 2.13. The number of aromatic nitrogens is 1. The zero-order chi connectivity index (χ0) is 10.6. The third-order valence-electron chi connectivity index (χ3n) is 1.92. The lowest BCUT2D eigenvalue weighted by Gasteiger charge is -2.05. The molecule has 0 aliphatic carbocycles. The Bertz CT molecular complexity index is 417. The summed E-state index contributed by atoms with van der Waals surface area (Å²) in [5, 5.41) is 8.38. The summed E-state index contributed by atoms with van der Waals surface area (Å²) in [6, 6.07) is 3.85. The lowest BCUT2D eigenvalue weighted by atomic mass is 10.3. The summed E-state index contributed by atoms with van der Waals surface area (Å²) in [6.07, 6.45) is 2.96. The standard InChI is InChI=1S/C10H11BrN2O/c1-8-6-9(11)7-13(10(8)14)5-3-2-4-12/h6-7H,2-3,5H2,1H3. The molecule has 0 atom stereocenters. The molecule has 0 aliphatic rings. The minimum atomic E-state index is 0.0196. The van der Waals surface area contributed by atoms with Crippen molar-refractivity contribution >= 4 is 15.9 Å². The minimum absolute atomic E-state index is 0.0196. The van der Waals surface area contributed by atoms with Crippen molar-refractivity contribution in [3.63, 3.8) is 0 Å². The van der Waals surface area contributed by atoms with E-state index in [2.05, 4.69) is 22.0 Å². The Kier molecular flexibility index (Phi) is 3.90. The number of hydrogen-bond acceptors (Lipinski definition) is 2. The molecule has 0 radical (unpaired) electrons. The highest BCUT2D eigenvalue weighted by atomic mass is 79.9. The molecular formula is C10H11BrN2O. The molecule has 4 heteroatoms. The molecule has 0 aromatic carbocycles. The molecule has 0 saturated carbocycles. The maximum absolute atomic E-state index is 11.6. The van der Waals surface area contributed by atoms with E-state index in [1.807, 2.05) is 0 Å². The third-order valence-corrected chi connectivity index (χ3v) is 2.35. The minimum Gasteiger partial charge on any atom is -0.314 e. The van der Waals surface area contributed by atoms with E-state index < -0.39 is 0 Å². The Morgan fingerprint density at radius 3 is 3.00 bits per heavy atom. The first-order valence-corrected chi connectivity index (χ1v) is 5.18. The van der Waals surface area contributed by atoms with Crippen LogP contribution in [0.3, 0.4) is 0 Å². The van der Waals surface area contributed by atoms with Crippen molar-refractivity contribution in [2.75, 3.05) is 0 Å². The van der Waals surface area contributed by atoms with Gasteiger partial charge in [0, 0.05) is 29.2 Å². The number of nitrogens with zero attached hydrogens (tertiary/aromatic N) is 2. The van der Waals surface area contributed by atoms with Gasteiger partial charge in [0.25, 0.3) is 5.56 Å². The first kappa shape index (κ1) is 11.0. The lowest BCUT2D eigenvalue weighted by Crippen LogP contribution is -2.21. The van der Waals surface area contributed by atoms with Crippen molar-refractivity contribution in [2.45, 2.75) is 26.3 Å². The van der Waals surface area contributed by atoms with Crippen LogP contribution in [0.1, 0.15) is 18.4 Å². The monoisotopic (exact) mass is 254 g/mol. The van der Waals surface area contributed by atoms with Crippen molar-refractivity contribution in [3.05, 3.63) is 32.7 Å². The van der Waals surface area contributed by atoms with Gasteiger partial charge in [0.1, 0.15) is 0 Å². The fourth-order valence-electron chi connectivity index (χ4n) is 1.23. The topological polar surface area (TPSA) is 45.8 Å². The van der Waals surface area contributed by atoms with Crippen molar-refractivity contribution in [1.29, 1.82) is 5.26 Å². The molecule has 0 N–H and O–H groups in total. The normalized spacial score (nSPS) is 9.79.